The van der Waals surface area contributed by atoms with Crippen molar-refractivity contribution < 1.29 is 10.2 Å². The number of imidazole rings is 1. The summed E-state index contributed by atoms with van der Waals surface area (Å²) in [5, 5.41) is 22.4. The lowest BCUT2D eigenvalue weighted by Crippen LogP contribution is -2.27. The predicted molar refractivity (Wildman–Crippen MR) is 73.5 cm³/mol. The van der Waals surface area contributed by atoms with Crippen LogP contribution in [-0.4, -0.2) is 44.4 Å². The fourth-order valence-corrected chi connectivity index (χ4v) is 2.22. The number of pyridine rings is 1. The molecule has 0 saturated heterocycles. The number of aromatic hydroxyl groups is 1. The summed E-state index contributed by atoms with van der Waals surface area (Å²) in [5.41, 5.74) is 1.19. The first-order chi connectivity index (χ1) is 9.17. The summed E-state index contributed by atoms with van der Waals surface area (Å²) >= 11 is 5.94. The van der Waals surface area contributed by atoms with Crippen molar-refractivity contribution in [2.24, 2.45) is 0 Å². The zero-order chi connectivity index (χ0) is 13.8. The number of hydrogen-bond donors (Lipinski definition) is 3. The standard InChI is InChI=1S/C12H17ClN4O2/c1-2-9(7-14-3-4-18)17-10-5-8(13)6-15-11(10)16-12(17)19/h5-6,9,14,18H,2-4,7H2,1H3,(H,15,16,19)/t9-/m1/s1. The van der Waals surface area contributed by atoms with Gasteiger partial charge in [-0.2, -0.15) is 4.98 Å². The Kier molecular flexibility index (Phi) is 4.57. The number of hydrogen-bond acceptors (Lipinski definition) is 5. The Hall–Kier alpha value is -1.37. The number of nitrogens with zero attached hydrogens (tertiary/aromatic N) is 3. The van der Waals surface area contributed by atoms with Gasteiger partial charge in [-0.3, -0.25) is 4.57 Å². The van der Waals surface area contributed by atoms with Crippen molar-refractivity contribution in [1.82, 2.24) is 19.9 Å². The van der Waals surface area contributed by atoms with Crippen molar-refractivity contribution >= 4 is 22.8 Å². The van der Waals surface area contributed by atoms with Crippen LogP contribution in [0.5, 0.6) is 6.01 Å². The third-order valence-electron chi connectivity index (χ3n) is 3.00. The molecule has 0 aromatic carbocycles. The molecule has 0 fully saturated rings. The minimum Gasteiger partial charge on any atom is -0.480 e. The van der Waals surface area contributed by atoms with Crippen LogP contribution < -0.4 is 5.32 Å². The molecule has 1 atom stereocenters. The van der Waals surface area contributed by atoms with E-state index in [0.29, 0.717) is 29.3 Å². The van der Waals surface area contributed by atoms with Gasteiger partial charge in [-0.25, -0.2) is 4.98 Å². The second-order valence-corrected chi connectivity index (χ2v) is 4.70. The summed E-state index contributed by atoms with van der Waals surface area (Å²) in [4.78, 5) is 8.11. The van der Waals surface area contributed by atoms with E-state index in [1.54, 1.807) is 10.6 Å². The van der Waals surface area contributed by atoms with E-state index in [0.717, 1.165) is 6.42 Å². The minimum absolute atomic E-state index is 0.0248. The Morgan fingerprint density at radius 1 is 1.53 bits per heavy atom. The monoisotopic (exact) mass is 284 g/mol. The molecule has 6 nitrogen and oxygen atoms in total. The van der Waals surface area contributed by atoms with Gasteiger partial charge in [0, 0.05) is 19.3 Å². The first kappa shape index (κ1) is 14.0. The highest BCUT2D eigenvalue weighted by Gasteiger charge is 2.18. The highest BCUT2D eigenvalue weighted by atomic mass is 35.5. The molecule has 0 bridgehead atoms. The molecule has 2 rings (SSSR count). The zero-order valence-corrected chi connectivity index (χ0v) is 11.4. The number of fused-ring (bicyclic) bond motifs is 1. The maximum absolute atomic E-state index is 9.97. The number of halogens is 1. The summed E-state index contributed by atoms with van der Waals surface area (Å²) < 4.78 is 1.72. The molecule has 104 valence electrons. The normalized spacial score (nSPS) is 13.0. The van der Waals surface area contributed by atoms with Gasteiger partial charge in [-0.1, -0.05) is 18.5 Å². The Labute approximate surface area is 116 Å². The molecular weight excluding hydrogens is 268 g/mol. The summed E-state index contributed by atoms with van der Waals surface area (Å²) in [6.07, 6.45) is 2.32. The van der Waals surface area contributed by atoms with Crippen LogP contribution in [0.25, 0.3) is 11.2 Å². The smallest absolute Gasteiger partial charge is 0.296 e. The molecule has 0 radical (unpaired) electrons. The first-order valence-corrected chi connectivity index (χ1v) is 6.59. The summed E-state index contributed by atoms with van der Waals surface area (Å²) in [6.45, 7) is 3.25. The third-order valence-corrected chi connectivity index (χ3v) is 3.21. The Morgan fingerprint density at radius 2 is 2.32 bits per heavy atom. The van der Waals surface area contributed by atoms with Gasteiger partial charge in [0.05, 0.1) is 23.2 Å². The van der Waals surface area contributed by atoms with Crippen LogP contribution in [0.3, 0.4) is 0 Å². The SMILES string of the molecule is CC[C@H](CNCCO)n1c(O)nc2ncc(Cl)cc21. The predicted octanol–water partition coefficient (Wildman–Crippen LogP) is 1.32. The molecule has 19 heavy (non-hydrogen) atoms. The van der Waals surface area contributed by atoms with E-state index in [9.17, 15) is 5.11 Å². The van der Waals surface area contributed by atoms with E-state index in [2.05, 4.69) is 15.3 Å². The number of aliphatic hydroxyl groups excluding tert-OH is 1. The lowest BCUT2D eigenvalue weighted by molar-refractivity contribution is 0.284. The fraction of sp³-hybridized carbons (Fsp3) is 0.500. The second kappa shape index (κ2) is 6.18. The molecular formula is C12H17ClN4O2. The number of aliphatic hydroxyl groups is 1. The van der Waals surface area contributed by atoms with Gasteiger partial charge in [-0.05, 0) is 12.5 Å². The number of aromatic nitrogens is 3. The van der Waals surface area contributed by atoms with Crippen molar-refractivity contribution in [3.63, 3.8) is 0 Å². The Balaban J connectivity index is 2.35. The number of nitrogens with one attached hydrogen (secondary N) is 1. The van der Waals surface area contributed by atoms with Crippen LogP contribution in [0.15, 0.2) is 12.3 Å². The average molecular weight is 285 g/mol. The largest absolute Gasteiger partial charge is 0.480 e. The molecule has 0 aliphatic carbocycles. The van der Waals surface area contributed by atoms with Gasteiger partial charge in [0.2, 0.25) is 0 Å². The third kappa shape index (κ3) is 2.97. The topological polar surface area (TPSA) is 83.2 Å². The van der Waals surface area contributed by atoms with Crippen LogP contribution in [0.2, 0.25) is 5.02 Å². The van der Waals surface area contributed by atoms with Crippen LogP contribution in [0, 0.1) is 0 Å². The molecule has 2 aromatic rings. The molecule has 3 N–H and O–H groups in total. The Bertz CT molecular complexity index is 558. The zero-order valence-electron chi connectivity index (χ0n) is 10.7. The van der Waals surface area contributed by atoms with Gasteiger partial charge < -0.3 is 15.5 Å². The minimum atomic E-state index is -0.0672. The van der Waals surface area contributed by atoms with Crippen molar-refractivity contribution in [2.75, 3.05) is 19.7 Å². The van der Waals surface area contributed by atoms with Gasteiger partial charge >= 0.3 is 0 Å². The fourth-order valence-electron chi connectivity index (χ4n) is 2.07. The van der Waals surface area contributed by atoms with Crippen LogP contribution in [0.1, 0.15) is 19.4 Å². The maximum Gasteiger partial charge on any atom is 0.296 e. The van der Waals surface area contributed by atoms with E-state index in [-0.39, 0.29) is 18.7 Å². The van der Waals surface area contributed by atoms with E-state index >= 15 is 0 Å². The lowest BCUT2D eigenvalue weighted by atomic mass is 10.2. The quantitative estimate of drug-likeness (QED) is 0.697. The molecule has 0 saturated carbocycles. The molecule has 0 aliphatic rings. The molecule has 0 amide bonds. The van der Waals surface area contributed by atoms with E-state index < -0.39 is 0 Å². The van der Waals surface area contributed by atoms with E-state index in [4.69, 9.17) is 16.7 Å². The van der Waals surface area contributed by atoms with E-state index in [1.807, 2.05) is 6.92 Å². The molecule has 7 heteroatoms. The van der Waals surface area contributed by atoms with Gasteiger partial charge in [0.25, 0.3) is 6.01 Å². The number of rotatable bonds is 6. The first-order valence-electron chi connectivity index (χ1n) is 6.21. The molecule has 0 aliphatic heterocycles. The maximum atomic E-state index is 9.97. The van der Waals surface area contributed by atoms with Crippen LogP contribution in [-0.2, 0) is 0 Å². The van der Waals surface area contributed by atoms with E-state index in [1.165, 1.54) is 6.20 Å². The van der Waals surface area contributed by atoms with Gasteiger partial charge in [-0.15, -0.1) is 0 Å². The van der Waals surface area contributed by atoms with Crippen molar-refractivity contribution in [3.8, 4) is 6.01 Å². The van der Waals surface area contributed by atoms with Gasteiger partial charge in [0.15, 0.2) is 5.65 Å². The Morgan fingerprint density at radius 3 is 3.00 bits per heavy atom. The van der Waals surface area contributed by atoms with Crippen molar-refractivity contribution in [2.45, 2.75) is 19.4 Å². The highest BCUT2D eigenvalue weighted by Crippen LogP contribution is 2.27. The molecule has 0 spiro atoms. The van der Waals surface area contributed by atoms with Crippen molar-refractivity contribution in [3.05, 3.63) is 17.3 Å². The molecule has 0 unspecified atom stereocenters. The average Bonchev–Trinajstić information content (AvgIpc) is 2.71. The summed E-state index contributed by atoms with van der Waals surface area (Å²) in [6, 6.07) is 1.70. The highest BCUT2D eigenvalue weighted by molar-refractivity contribution is 6.31. The van der Waals surface area contributed by atoms with Crippen LogP contribution >= 0.6 is 11.6 Å². The lowest BCUT2D eigenvalue weighted by Gasteiger charge is -2.18. The summed E-state index contributed by atoms with van der Waals surface area (Å²) in [7, 11) is 0. The van der Waals surface area contributed by atoms with Gasteiger partial charge in [0.1, 0.15) is 0 Å². The second-order valence-electron chi connectivity index (χ2n) is 4.27. The van der Waals surface area contributed by atoms with Crippen LogP contribution in [0.4, 0.5) is 0 Å². The molecule has 2 heterocycles. The van der Waals surface area contributed by atoms with Crippen molar-refractivity contribution in [1.29, 1.82) is 0 Å². The molecule has 2 aromatic heterocycles. The summed E-state index contributed by atoms with van der Waals surface area (Å²) in [5.74, 6) is 0.